The fraction of sp³-hybridized carbons (Fsp3) is 0.947. The van der Waals surface area contributed by atoms with Gasteiger partial charge in [0.25, 0.3) is 0 Å². The lowest BCUT2D eigenvalue weighted by molar-refractivity contribution is -0.138. The topological polar surface area (TPSA) is 52.6 Å². The average Bonchev–Trinajstić information content (AvgIpc) is 2.43. The van der Waals surface area contributed by atoms with Crippen molar-refractivity contribution < 1.29 is 9.90 Å². The van der Waals surface area contributed by atoms with Gasteiger partial charge in [-0.15, -0.1) is 0 Å². The van der Waals surface area contributed by atoms with Crippen LogP contribution in [0.25, 0.3) is 0 Å². The molecule has 1 saturated carbocycles. The van der Waals surface area contributed by atoms with E-state index >= 15 is 0 Å². The predicted octanol–water partition coefficient (Wildman–Crippen LogP) is 3.37. The fourth-order valence-corrected chi connectivity index (χ4v) is 4.51. The molecule has 4 heteroatoms. The Kier molecular flexibility index (Phi) is 6.90. The van der Waals surface area contributed by atoms with Crippen molar-refractivity contribution >= 4 is 5.97 Å². The van der Waals surface area contributed by atoms with Gasteiger partial charge in [0.15, 0.2) is 0 Å². The smallest absolute Gasteiger partial charge is 0.317 e. The first-order chi connectivity index (χ1) is 10.8. The molecule has 4 nitrogen and oxygen atoms in total. The number of rotatable bonds is 6. The van der Waals surface area contributed by atoms with Crippen LogP contribution in [0.3, 0.4) is 0 Å². The zero-order valence-corrected chi connectivity index (χ0v) is 15.3. The summed E-state index contributed by atoms with van der Waals surface area (Å²) < 4.78 is 0. The summed E-state index contributed by atoms with van der Waals surface area (Å²) >= 11 is 0. The first-order valence-electron chi connectivity index (χ1n) is 9.49. The predicted molar refractivity (Wildman–Crippen MR) is 94.6 cm³/mol. The van der Waals surface area contributed by atoms with Gasteiger partial charge in [0.05, 0.1) is 6.54 Å². The molecule has 134 valence electrons. The van der Waals surface area contributed by atoms with Gasteiger partial charge < -0.3 is 10.4 Å². The molecule has 0 spiro atoms. The van der Waals surface area contributed by atoms with Crippen LogP contribution >= 0.6 is 0 Å². The lowest BCUT2D eigenvalue weighted by Crippen LogP contribution is -2.51. The van der Waals surface area contributed by atoms with Crippen molar-refractivity contribution in [1.29, 1.82) is 0 Å². The Labute approximate surface area is 142 Å². The SMILES string of the molecule is CC(C)(C)CC1CC(NCC2CCCCC2)CN(CC(=O)O)C1. The summed E-state index contributed by atoms with van der Waals surface area (Å²) in [6, 6.07) is 0.456. The maximum atomic E-state index is 11.1. The third-order valence-electron chi connectivity index (χ3n) is 5.29. The van der Waals surface area contributed by atoms with E-state index in [9.17, 15) is 4.79 Å². The number of carbonyl (C=O) groups is 1. The van der Waals surface area contributed by atoms with Gasteiger partial charge in [-0.3, -0.25) is 9.69 Å². The Hall–Kier alpha value is -0.610. The Balaban J connectivity index is 1.86. The van der Waals surface area contributed by atoms with Crippen molar-refractivity contribution in [3.63, 3.8) is 0 Å². The van der Waals surface area contributed by atoms with Gasteiger partial charge in [0.2, 0.25) is 0 Å². The van der Waals surface area contributed by atoms with E-state index in [1.807, 2.05) is 0 Å². The summed E-state index contributed by atoms with van der Waals surface area (Å²) in [7, 11) is 0. The highest BCUT2D eigenvalue weighted by molar-refractivity contribution is 5.69. The van der Waals surface area contributed by atoms with Crippen molar-refractivity contribution in [3.05, 3.63) is 0 Å². The minimum absolute atomic E-state index is 0.183. The minimum atomic E-state index is -0.701. The van der Waals surface area contributed by atoms with E-state index in [1.165, 1.54) is 44.9 Å². The van der Waals surface area contributed by atoms with Crippen LogP contribution in [-0.4, -0.2) is 48.2 Å². The molecule has 2 atom stereocenters. The molecule has 0 radical (unpaired) electrons. The summed E-state index contributed by atoms with van der Waals surface area (Å²) in [6.45, 7) is 9.98. The Morgan fingerprint density at radius 2 is 1.83 bits per heavy atom. The number of aliphatic carboxylic acids is 1. The van der Waals surface area contributed by atoms with E-state index < -0.39 is 5.97 Å². The first kappa shape index (κ1) is 18.7. The molecule has 1 aliphatic carbocycles. The molecule has 23 heavy (non-hydrogen) atoms. The molecule has 0 bridgehead atoms. The van der Waals surface area contributed by atoms with Gasteiger partial charge in [0.1, 0.15) is 0 Å². The lowest BCUT2D eigenvalue weighted by Gasteiger charge is -2.40. The highest BCUT2D eigenvalue weighted by Gasteiger charge is 2.31. The molecule has 0 aromatic heterocycles. The van der Waals surface area contributed by atoms with Gasteiger partial charge in [-0.2, -0.15) is 0 Å². The van der Waals surface area contributed by atoms with Crippen LogP contribution in [0.1, 0.15) is 65.7 Å². The van der Waals surface area contributed by atoms with Gasteiger partial charge >= 0.3 is 5.97 Å². The van der Waals surface area contributed by atoms with E-state index in [-0.39, 0.29) is 6.54 Å². The fourth-order valence-electron chi connectivity index (χ4n) is 4.51. The first-order valence-corrected chi connectivity index (χ1v) is 9.49. The molecule has 0 amide bonds. The van der Waals surface area contributed by atoms with Crippen LogP contribution in [0.2, 0.25) is 0 Å². The molecule has 1 heterocycles. The summed E-state index contributed by atoms with van der Waals surface area (Å²) in [5, 5.41) is 12.9. The van der Waals surface area contributed by atoms with Crippen molar-refractivity contribution in [3.8, 4) is 0 Å². The van der Waals surface area contributed by atoms with Crippen LogP contribution in [0.4, 0.5) is 0 Å². The second-order valence-electron chi connectivity index (χ2n) is 9.06. The zero-order chi connectivity index (χ0) is 16.9. The van der Waals surface area contributed by atoms with Crippen LogP contribution in [0.15, 0.2) is 0 Å². The second kappa shape index (κ2) is 8.48. The van der Waals surface area contributed by atoms with E-state index in [2.05, 4.69) is 31.0 Å². The third kappa shape index (κ3) is 7.21. The Morgan fingerprint density at radius 1 is 1.13 bits per heavy atom. The highest BCUT2D eigenvalue weighted by atomic mass is 16.4. The molecular formula is C19H36N2O2. The van der Waals surface area contributed by atoms with E-state index in [0.29, 0.717) is 17.4 Å². The molecule has 1 aliphatic heterocycles. The van der Waals surface area contributed by atoms with Crippen LogP contribution in [0.5, 0.6) is 0 Å². The number of piperidine rings is 1. The standard InChI is InChI=1S/C19H36N2O2/c1-19(2,3)10-16-9-17(13-21(12-16)14-18(22)23)20-11-15-7-5-4-6-8-15/h15-17,20H,4-14H2,1-3H3,(H,22,23). The summed E-state index contributed by atoms with van der Waals surface area (Å²) in [6.07, 6.45) is 9.27. The number of hydrogen-bond donors (Lipinski definition) is 2. The number of hydrogen-bond acceptors (Lipinski definition) is 3. The molecule has 0 aromatic carbocycles. The third-order valence-corrected chi connectivity index (χ3v) is 5.29. The van der Waals surface area contributed by atoms with Gasteiger partial charge in [-0.1, -0.05) is 40.0 Å². The molecular weight excluding hydrogens is 288 g/mol. The normalized spacial score (nSPS) is 28.0. The van der Waals surface area contributed by atoms with Crippen molar-refractivity contribution in [1.82, 2.24) is 10.2 Å². The van der Waals surface area contributed by atoms with Crippen LogP contribution in [-0.2, 0) is 4.79 Å². The van der Waals surface area contributed by atoms with E-state index in [4.69, 9.17) is 5.11 Å². The molecule has 2 fully saturated rings. The van der Waals surface area contributed by atoms with Crippen LogP contribution in [0, 0.1) is 17.3 Å². The zero-order valence-electron chi connectivity index (χ0n) is 15.3. The quantitative estimate of drug-likeness (QED) is 0.786. The van der Waals surface area contributed by atoms with Gasteiger partial charge in [-0.25, -0.2) is 0 Å². The highest BCUT2D eigenvalue weighted by Crippen LogP contribution is 2.30. The number of nitrogens with zero attached hydrogens (tertiary/aromatic N) is 1. The van der Waals surface area contributed by atoms with Crippen LogP contribution < -0.4 is 5.32 Å². The van der Waals surface area contributed by atoms with Crippen molar-refractivity contribution in [2.45, 2.75) is 71.8 Å². The van der Waals surface area contributed by atoms with Crippen molar-refractivity contribution in [2.24, 2.45) is 17.3 Å². The van der Waals surface area contributed by atoms with Gasteiger partial charge in [-0.05, 0) is 49.5 Å². The maximum Gasteiger partial charge on any atom is 0.317 e. The average molecular weight is 325 g/mol. The number of nitrogens with one attached hydrogen (secondary N) is 1. The lowest BCUT2D eigenvalue weighted by atomic mass is 9.80. The van der Waals surface area contributed by atoms with Gasteiger partial charge in [0, 0.05) is 19.1 Å². The molecule has 2 unspecified atom stereocenters. The maximum absolute atomic E-state index is 11.1. The largest absolute Gasteiger partial charge is 0.480 e. The van der Waals surface area contributed by atoms with E-state index in [1.54, 1.807) is 0 Å². The molecule has 2 aliphatic rings. The molecule has 2 N–H and O–H groups in total. The number of likely N-dealkylation sites (tertiary alicyclic amines) is 1. The summed E-state index contributed by atoms with van der Waals surface area (Å²) in [4.78, 5) is 13.2. The second-order valence-corrected chi connectivity index (χ2v) is 9.06. The summed E-state index contributed by atoms with van der Waals surface area (Å²) in [5.41, 5.74) is 0.310. The number of carboxylic acid groups (broad SMARTS) is 1. The number of carboxylic acids is 1. The monoisotopic (exact) mass is 324 g/mol. The van der Waals surface area contributed by atoms with E-state index in [0.717, 1.165) is 25.6 Å². The Bertz CT molecular complexity index is 372. The Morgan fingerprint density at radius 3 is 2.43 bits per heavy atom. The molecule has 2 rings (SSSR count). The van der Waals surface area contributed by atoms with Crippen molar-refractivity contribution in [2.75, 3.05) is 26.2 Å². The molecule has 1 saturated heterocycles. The molecule has 0 aromatic rings. The minimum Gasteiger partial charge on any atom is -0.480 e. The summed E-state index contributed by atoms with van der Waals surface area (Å²) in [5.74, 6) is 0.735.